The zero-order chi connectivity index (χ0) is 31.8. The van der Waals surface area contributed by atoms with Crippen molar-refractivity contribution in [2.45, 2.75) is 57.3 Å². The van der Waals surface area contributed by atoms with Crippen molar-refractivity contribution in [3.63, 3.8) is 0 Å². The number of carbonyl (C=O) groups excluding carboxylic acids is 2. The lowest BCUT2D eigenvalue weighted by atomic mass is 9.76. The average Bonchev–Trinajstić information content (AvgIpc) is 3.08. The fourth-order valence-electron chi connectivity index (χ4n) is 5.92. The van der Waals surface area contributed by atoms with E-state index in [0.29, 0.717) is 23.7 Å². The highest BCUT2D eigenvalue weighted by Crippen LogP contribution is 2.45. The topological polar surface area (TPSA) is 92.8 Å². The molecule has 0 aromatic heterocycles. The van der Waals surface area contributed by atoms with Crippen LogP contribution in [-0.2, 0) is 30.3 Å². The SMILES string of the molecule is C=C(COC1CCCCO1)[C@@H]1[C@@H]([C@@H](C)OC(=O)OCc2ccccc2)C(=O)N1C(c1ccc(OC)cc1)c1ccc(OC)cc1. The Morgan fingerprint density at radius 1 is 0.933 bits per heavy atom. The van der Waals surface area contributed by atoms with Gasteiger partial charge in [0.2, 0.25) is 5.91 Å². The number of benzene rings is 3. The van der Waals surface area contributed by atoms with E-state index in [1.54, 1.807) is 26.0 Å². The molecule has 2 heterocycles. The molecule has 4 atom stereocenters. The minimum absolute atomic E-state index is 0.0690. The number of amides is 1. The average molecular weight is 616 g/mol. The molecule has 9 heteroatoms. The number of β-lactam (4-membered cyclic amide) rings is 1. The van der Waals surface area contributed by atoms with Crippen LogP contribution in [0.5, 0.6) is 11.5 Å². The largest absolute Gasteiger partial charge is 0.508 e. The van der Waals surface area contributed by atoms with Crippen LogP contribution in [0.2, 0.25) is 0 Å². The van der Waals surface area contributed by atoms with Gasteiger partial charge in [0.25, 0.3) is 0 Å². The molecule has 1 amide bonds. The molecule has 238 valence electrons. The van der Waals surface area contributed by atoms with Gasteiger partial charge < -0.3 is 33.3 Å². The van der Waals surface area contributed by atoms with Gasteiger partial charge in [0, 0.05) is 6.61 Å². The van der Waals surface area contributed by atoms with Gasteiger partial charge in [0.1, 0.15) is 24.2 Å². The van der Waals surface area contributed by atoms with E-state index in [0.717, 1.165) is 36.0 Å². The molecule has 1 unspecified atom stereocenters. The van der Waals surface area contributed by atoms with Gasteiger partial charge in [-0.15, -0.1) is 0 Å². The lowest BCUT2D eigenvalue weighted by molar-refractivity contribution is -0.171. The minimum Gasteiger partial charge on any atom is -0.497 e. The van der Waals surface area contributed by atoms with Crippen LogP contribution in [0.15, 0.2) is 91.0 Å². The van der Waals surface area contributed by atoms with Crippen LogP contribution in [0, 0.1) is 5.92 Å². The van der Waals surface area contributed by atoms with Crippen molar-refractivity contribution < 1.29 is 38.0 Å². The van der Waals surface area contributed by atoms with Crippen molar-refractivity contribution in [2.75, 3.05) is 27.4 Å². The van der Waals surface area contributed by atoms with Crippen molar-refractivity contribution in [3.05, 3.63) is 108 Å². The molecule has 45 heavy (non-hydrogen) atoms. The third kappa shape index (κ3) is 7.67. The maximum Gasteiger partial charge on any atom is 0.508 e. The van der Waals surface area contributed by atoms with Crippen molar-refractivity contribution in [1.29, 1.82) is 0 Å². The van der Waals surface area contributed by atoms with Gasteiger partial charge in [0.05, 0.1) is 38.8 Å². The Bertz CT molecular complexity index is 1370. The molecular weight excluding hydrogens is 574 g/mol. The van der Waals surface area contributed by atoms with E-state index >= 15 is 0 Å². The van der Waals surface area contributed by atoms with Crippen LogP contribution in [0.4, 0.5) is 4.79 Å². The molecule has 0 spiro atoms. The molecule has 2 saturated heterocycles. The molecule has 2 aliphatic heterocycles. The summed E-state index contributed by atoms with van der Waals surface area (Å²) in [6, 6.07) is 23.7. The van der Waals surface area contributed by atoms with E-state index < -0.39 is 30.3 Å². The number of likely N-dealkylation sites (tertiary alicyclic amines) is 1. The van der Waals surface area contributed by atoms with Gasteiger partial charge in [-0.25, -0.2) is 4.79 Å². The van der Waals surface area contributed by atoms with Crippen LogP contribution < -0.4 is 9.47 Å². The van der Waals surface area contributed by atoms with Gasteiger partial charge in [-0.2, -0.15) is 0 Å². The summed E-state index contributed by atoms with van der Waals surface area (Å²) in [5.41, 5.74) is 3.30. The summed E-state index contributed by atoms with van der Waals surface area (Å²) in [4.78, 5) is 28.7. The van der Waals surface area contributed by atoms with Crippen LogP contribution in [0.3, 0.4) is 0 Å². The molecule has 3 aromatic carbocycles. The number of hydrogen-bond acceptors (Lipinski definition) is 8. The van der Waals surface area contributed by atoms with E-state index in [9.17, 15) is 9.59 Å². The predicted molar refractivity (Wildman–Crippen MR) is 168 cm³/mol. The number of ether oxygens (including phenoxy) is 6. The zero-order valence-corrected chi connectivity index (χ0v) is 26.1. The molecule has 2 fully saturated rings. The highest BCUT2D eigenvalue weighted by atomic mass is 16.7. The number of nitrogens with zero attached hydrogens (tertiary/aromatic N) is 1. The number of rotatable bonds is 13. The van der Waals surface area contributed by atoms with Gasteiger partial charge in [-0.05, 0) is 72.7 Å². The summed E-state index contributed by atoms with van der Waals surface area (Å²) in [6.45, 7) is 7.00. The summed E-state index contributed by atoms with van der Waals surface area (Å²) >= 11 is 0. The molecule has 0 radical (unpaired) electrons. The summed E-state index contributed by atoms with van der Waals surface area (Å²) in [7, 11) is 3.23. The molecule has 0 saturated carbocycles. The maximum absolute atomic E-state index is 14.2. The Labute approximate surface area is 264 Å². The van der Waals surface area contributed by atoms with Gasteiger partial charge in [-0.1, -0.05) is 61.2 Å². The van der Waals surface area contributed by atoms with Crippen LogP contribution >= 0.6 is 0 Å². The Hall–Kier alpha value is -4.34. The lowest BCUT2D eigenvalue weighted by Gasteiger charge is -2.53. The van der Waals surface area contributed by atoms with Crippen LogP contribution in [-0.4, -0.2) is 62.8 Å². The van der Waals surface area contributed by atoms with Gasteiger partial charge >= 0.3 is 6.16 Å². The first-order valence-electron chi connectivity index (χ1n) is 15.3. The quantitative estimate of drug-likeness (QED) is 0.123. The first-order chi connectivity index (χ1) is 21.9. The minimum atomic E-state index is -0.837. The summed E-state index contributed by atoms with van der Waals surface area (Å²) in [5.74, 6) is 0.558. The predicted octanol–water partition coefficient (Wildman–Crippen LogP) is 6.46. The lowest BCUT2D eigenvalue weighted by Crippen LogP contribution is -2.66. The first kappa shape index (κ1) is 32.1. The van der Waals surface area contributed by atoms with Crippen LogP contribution in [0.1, 0.15) is 48.9 Å². The van der Waals surface area contributed by atoms with E-state index in [-0.39, 0.29) is 25.4 Å². The van der Waals surface area contributed by atoms with E-state index in [2.05, 4.69) is 6.58 Å². The number of carbonyl (C=O) groups is 2. The van der Waals surface area contributed by atoms with Gasteiger partial charge in [0.15, 0.2) is 6.29 Å². The van der Waals surface area contributed by atoms with E-state index in [1.165, 1.54) is 0 Å². The molecule has 3 aromatic rings. The Kier molecular flexibility index (Phi) is 10.8. The number of hydrogen-bond donors (Lipinski definition) is 0. The fourth-order valence-corrected chi connectivity index (χ4v) is 5.92. The van der Waals surface area contributed by atoms with Crippen LogP contribution in [0.25, 0.3) is 0 Å². The Balaban J connectivity index is 1.41. The summed E-state index contributed by atoms with van der Waals surface area (Å²) in [6.07, 6.45) is 0.901. The maximum atomic E-state index is 14.2. The molecular formula is C36H41NO8. The first-order valence-corrected chi connectivity index (χ1v) is 15.3. The normalized spacial score (nSPS) is 20.2. The standard InChI is InChI=1S/C36H41NO8/c1-24(22-43-31-12-8-9-21-42-31)33-32(25(2)45-36(39)44-23-26-10-6-5-7-11-26)35(38)37(33)34(27-13-17-29(40-3)18-14-27)28-15-19-30(41-4)20-16-28/h5-7,10-11,13-20,25,31-34H,1,8-9,12,21-23H2,2-4H3/t25-,31?,32-,33-/m1/s1. The van der Waals surface area contributed by atoms with Crippen molar-refractivity contribution >= 4 is 12.1 Å². The summed E-state index contributed by atoms with van der Waals surface area (Å²) < 4.78 is 33.7. The molecule has 5 rings (SSSR count). The smallest absolute Gasteiger partial charge is 0.497 e. The Morgan fingerprint density at radius 2 is 1.56 bits per heavy atom. The fraction of sp³-hybridized carbons (Fsp3) is 0.389. The number of methoxy groups -OCH3 is 2. The third-order valence-corrected chi connectivity index (χ3v) is 8.32. The van der Waals surface area contributed by atoms with Crippen molar-refractivity contribution in [2.24, 2.45) is 5.92 Å². The van der Waals surface area contributed by atoms with Crippen molar-refractivity contribution in [1.82, 2.24) is 4.90 Å². The zero-order valence-electron chi connectivity index (χ0n) is 26.1. The van der Waals surface area contributed by atoms with E-state index in [4.69, 9.17) is 28.4 Å². The second kappa shape index (κ2) is 15.1. The van der Waals surface area contributed by atoms with E-state index in [1.807, 2.05) is 78.9 Å². The Morgan fingerprint density at radius 3 is 2.11 bits per heavy atom. The highest BCUT2D eigenvalue weighted by Gasteiger charge is 2.55. The second-order valence-electron chi connectivity index (χ2n) is 11.3. The molecule has 9 nitrogen and oxygen atoms in total. The third-order valence-electron chi connectivity index (χ3n) is 8.32. The summed E-state index contributed by atoms with van der Waals surface area (Å²) in [5, 5.41) is 0. The monoisotopic (exact) mass is 615 g/mol. The molecule has 0 bridgehead atoms. The molecule has 0 N–H and O–H groups in total. The van der Waals surface area contributed by atoms with Gasteiger partial charge in [-0.3, -0.25) is 4.79 Å². The molecule has 2 aliphatic rings. The highest BCUT2D eigenvalue weighted by molar-refractivity contribution is 5.89. The van der Waals surface area contributed by atoms with Crippen molar-refractivity contribution in [3.8, 4) is 11.5 Å². The second-order valence-corrected chi connectivity index (χ2v) is 11.3. The molecule has 0 aliphatic carbocycles.